The van der Waals surface area contributed by atoms with Crippen molar-refractivity contribution >= 4 is 23.8 Å². The van der Waals surface area contributed by atoms with E-state index in [-0.39, 0.29) is 19.8 Å². The number of hydrogen-bond acceptors (Lipinski definition) is 7. The minimum absolute atomic E-state index is 0.0683. The van der Waals surface area contributed by atoms with E-state index in [0.29, 0.717) is 6.42 Å². The van der Waals surface area contributed by atoms with Gasteiger partial charge in [-0.1, -0.05) is 13.8 Å². The summed E-state index contributed by atoms with van der Waals surface area (Å²) in [5, 5.41) is 2.61. The monoisotopic (exact) mass is 331 g/mol. The van der Waals surface area contributed by atoms with Gasteiger partial charge in [-0.25, -0.2) is 0 Å². The Labute approximate surface area is 135 Å². The quantitative estimate of drug-likeness (QED) is 0.374. The maximum atomic E-state index is 12.2. The SMILES string of the molecule is CC(=O)OCCCNC(=O)[C@H](OC(C)=O)C(C)(C)COC(C)=O. The van der Waals surface area contributed by atoms with Gasteiger partial charge in [-0.3, -0.25) is 19.2 Å². The third-order valence-electron chi connectivity index (χ3n) is 2.80. The van der Waals surface area contributed by atoms with Crippen molar-refractivity contribution < 1.29 is 33.4 Å². The maximum absolute atomic E-state index is 12.2. The highest BCUT2D eigenvalue weighted by Gasteiger charge is 2.39. The number of nitrogens with one attached hydrogen (secondary N) is 1. The van der Waals surface area contributed by atoms with Crippen LogP contribution in [-0.2, 0) is 33.4 Å². The number of ether oxygens (including phenoxy) is 3. The molecule has 1 atom stereocenters. The average molecular weight is 331 g/mol. The fourth-order valence-corrected chi connectivity index (χ4v) is 1.69. The Hall–Kier alpha value is -2.12. The van der Waals surface area contributed by atoms with Gasteiger partial charge in [-0.2, -0.15) is 0 Å². The standard InChI is InChI=1S/C15H25NO7/c1-10(17)21-8-6-7-16-14(20)13(23-12(3)19)15(4,5)9-22-11(2)18/h13H,6-9H2,1-5H3,(H,16,20)/t13-/m0/s1. The molecule has 0 fully saturated rings. The molecule has 0 heterocycles. The highest BCUT2D eigenvalue weighted by atomic mass is 16.6. The zero-order valence-corrected chi connectivity index (χ0v) is 14.3. The maximum Gasteiger partial charge on any atom is 0.303 e. The lowest BCUT2D eigenvalue weighted by molar-refractivity contribution is -0.166. The van der Waals surface area contributed by atoms with Crippen molar-refractivity contribution in [3.63, 3.8) is 0 Å². The van der Waals surface area contributed by atoms with E-state index < -0.39 is 35.3 Å². The fourth-order valence-electron chi connectivity index (χ4n) is 1.69. The molecule has 0 bridgehead atoms. The molecule has 0 saturated carbocycles. The van der Waals surface area contributed by atoms with E-state index in [1.807, 2.05) is 0 Å². The Morgan fingerprint density at radius 2 is 1.52 bits per heavy atom. The van der Waals surface area contributed by atoms with E-state index in [0.717, 1.165) is 0 Å². The second-order valence-electron chi connectivity index (χ2n) is 5.74. The van der Waals surface area contributed by atoms with Crippen molar-refractivity contribution in [2.45, 2.75) is 47.1 Å². The van der Waals surface area contributed by atoms with Crippen LogP contribution in [0.25, 0.3) is 0 Å². The predicted octanol–water partition coefficient (Wildman–Crippen LogP) is 0.577. The summed E-state index contributed by atoms with van der Waals surface area (Å²) in [6.07, 6.45) is -0.671. The lowest BCUT2D eigenvalue weighted by atomic mass is 9.86. The van der Waals surface area contributed by atoms with Gasteiger partial charge < -0.3 is 19.5 Å². The Kier molecular flexibility index (Phi) is 8.90. The minimum atomic E-state index is -1.10. The van der Waals surface area contributed by atoms with Gasteiger partial charge in [0.05, 0.1) is 6.61 Å². The molecule has 0 aliphatic rings. The second kappa shape index (κ2) is 9.81. The van der Waals surface area contributed by atoms with Crippen LogP contribution in [0.15, 0.2) is 0 Å². The van der Waals surface area contributed by atoms with Crippen LogP contribution in [0.4, 0.5) is 0 Å². The number of esters is 3. The Balaban J connectivity index is 4.62. The van der Waals surface area contributed by atoms with Crippen LogP contribution < -0.4 is 5.32 Å². The third-order valence-corrected chi connectivity index (χ3v) is 2.80. The van der Waals surface area contributed by atoms with Gasteiger partial charge in [-0.05, 0) is 6.42 Å². The number of carbonyl (C=O) groups excluding carboxylic acids is 4. The summed E-state index contributed by atoms with van der Waals surface area (Å²) >= 11 is 0. The summed E-state index contributed by atoms with van der Waals surface area (Å²) in [4.78, 5) is 45.0. The van der Waals surface area contributed by atoms with Gasteiger partial charge in [0, 0.05) is 32.7 Å². The zero-order valence-electron chi connectivity index (χ0n) is 14.3. The summed E-state index contributed by atoms with van der Waals surface area (Å²) in [5.41, 5.74) is -0.892. The molecule has 132 valence electrons. The molecule has 0 aromatic heterocycles. The summed E-state index contributed by atoms with van der Waals surface area (Å²) in [6, 6.07) is 0. The lowest BCUT2D eigenvalue weighted by Gasteiger charge is -2.31. The van der Waals surface area contributed by atoms with Gasteiger partial charge in [0.25, 0.3) is 5.91 Å². The van der Waals surface area contributed by atoms with Crippen LogP contribution in [0.1, 0.15) is 41.0 Å². The van der Waals surface area contributed by atoms with Gasteiger partial charge in [0.1, 0.15) is 6.61 Å². The summed E-state index contributed by atoms with van der Waals surface area (Å²) in [5.74, 6) is -1.99. The third kappa shape index (κ3) is 9.49. The molecule has 0 aliphatic heterocycles. The lowest BCUT2D eigenvalue weighted by Crippen LogP contribution is -2.48. The normalized spacial score (nSPS) is 12.0. The molecule has 0 unspecified atom stereocenters. The average Bonchev–Trinajstić information content (AvgIpc) is 2.41. The smallest absolute Gasteiger partial charge is 0.303 e. The van der Waals surface area contributed by atoms with E-state index in [4.69, 9.17) is 14.2 Å². The number of hydrogen-bond donors (Lipinski definition) is 1. The molecule has 1 amide bonds. The van der Waals surface area contributed by atoms with Crippen LogP contribution in [0.5, 0.6) is 0 Å². The predicted molar refractivity (Wildman–Crippen MR) is 80.2 cm³/mol. The number of carbonyl (C=O) groups is 4. The summed E-state index contributed by atoms with van der Waals surface area (Å²) < 4.78 is 14.7. The molecule has 8 nitrogen and oxygen atoms in total. The van der Waals surface area contributed by atoms with Gasteiger partial charge >= 0.3 is 17.9 Å². The van der Waals surface area contributed by atoms with Crippen LogP contribution >= 0.6 is 0 Å². The molecule has 8 heteroatoms. The molecular weight excluding hydrogens is 306 g/mol. The highest BCUT2D eigenvalue weighted by molar-refractivity contribution is 5.84. The zero-order chi connectivity index (χ0) is 18.0. The van der Waals surface area contributed by atoms with Gasteiger partial charge in [0.2, 0.25) is 0 Å². The van der Waals surface area contributed by atoms with E-state index in [2.05, 4.69) is 5.32 Å². The topological polar surface area (TPSA) is 108 Å². The van der Waals surface area contributed by atoms with Crippen LogP contribution in [0.3, 0.4) is 0 Å². The van der Waals surface area contributed by atoms with Crippen LogP contribution in [0.2, 0.25) is 0 Å². The first-order valence-electron chi connectivity index (χ1n) is 7.28. The molecule has 0 saturated heterocycles. The molecule has 0 radical (unpaired) electrons. The number of rotatable bonds is 9. The Bertz CT molecular complexity index is 445. The second-order valence-corrected chi connectivity index (χ2v) is 5.74. The van der Waals surface area contributed by atoms with E-state index in [1.54, 1.807) is 13.8 Å². The van der Waals surface area contributed by atoms with Crippen LogP contribution in [0, 0.1) is 5.41 Å². The first-order chi connectivity index (χ1) is 10.6. The highest BCUT2D eigenvalue weighted by Crippen LogP contribution is 2.24. The first-order valence-corrected chi connectivity index (χ1v) is 7.28. The fraction of sp³-hybridized carbons (Fsp3) is 0.733. The molecule has 0 spiro atoms. The molecule has 0 aromatic carbocycles. The van der Waals surface area contributed by atoms with Crippen molar-refractivity contribution in [1.29, 1.82) is 0 Å². The minimum Gasteiger partial charge on any atom is -0.466 e. The molecule has 0 aliphatic carbocycles. The van der Waals surface area contributed by atoms with Crippen molar-refractivity contribution in [3.05, 3.63) is 0 Å². The Morgan fingerprint density at radius 3 is 2.00 bits per heavy atom. The van der Waals surface area contributed by atoms with Crippen molar-refractivity contribution in [3.8, 4) is 0 Å². The van der Waals surface area contributed by atoms with Crippen LogP contribution in [-0.4, -0.2) is 49.7 Å². The van der Waals surface area contributed by atoms with Crippen molar-refractivity contribution in [2.24, 2.45) is 5.41 Å². The van der Waals surface area contributed by atoms with Gasteiger partial charge in [-0.15, -0.1) is 0 Å². The van der Waals surface area contributed by atoms with E-state index in [1.165, 1.54) is 20.8 Å². The largest absolute Gasteiger partial charge is 0.466 e. The molecule has 0 rings (SSSR count). The van der Waals surface area contributed by atoms with Crippen molar-refractivity contribution in [1.82, 2.24) is 5.32 Å². The first kappa shape index (κ1) is 20.9. The van der Waals surface area contributed by atoms with Crippen molar-refractivity contribution in [2.75, 3.05) is 19.8 Å². The van der Waals surface area contributed by atoms with Gasteiger partial charge in [0.15, 0.2) is 6.10 Å². The van der Waals surface area contributed by atoms with E-state index >= 15 is 0 Å². The summed E-state index contributed by atoms with van der Waals surface area (Å²) in [6.45, 7) is 7.44. The summed E-state index contributed by atoms with van der Waals surface area (Å²) in [7, 11) is 0. The molecule has 0 aromatic rings. The van der Waals surface area contributed by atoms with E-state index in [9.17, 15) is 19.2 Å². The molecule has 23 heavy (non-hydrogen) atoms. The Morgan fingerprint density at radius 1 is 0.957 bits per heavy atom. The molecule has 1 N–H and O–H groups in total. The number of amides is 1. The molecular formula is C15H25NO7.